The highest BCUT2D eigenvalue weighted by Crippen LogP contribution is 2.61. The quantitative estimate of drug-likeness (QED) is 0.672. The summed E-state index contributed by atoms with van der Waals surface area (Å²) < 4.78 is 0. The molecule has 114 valence electrons. The van der Waals surface area contributed by atoms with Crippen LogP contribution in [-0.2, 0) is 4.79 Å². The Hall–Kier alpha value is -1.79. The number of amides is 1. The van der Waals surface area contributed by atoms with E-state index in [2.05, 4.69) is 16.0 Å². The van der Waals surface area contributed by atoms with Gasteiger partial charge in [-0.2, -0.15) is 0 Å². The summed E-state index contributed by atoms with van der Waals surface area (Å²) in [4.78, 5) is 21.8. The first-order chi connectivity index (χ1) is 10.7. The van der Waals surface area contributed by atoms with Crippen LogP contribution in [0.1, 0.15) is 51.7 Å². The number of nitrogens with zero attached hydrogens (tertiary/aromatic N) is 2. The summed E-state index contributed by atoms with van der Waals surface area (Å²) in [7, 11) is 0. The number of aryl methyl sites for hydroxylation is 1. The molecule has 2 N–H and O–H groups in total. The third-order valence-corrected chi connectivity index (χ3v) is 5.60. The maximum atomic E-state index is 12.0. The van der Waals surface area contributed by atoms with Gasteiger partial charge in [-0.25, -0.2) is 10.5 Å². The van der Waals surface area contributed by atoms with Gasteiger partial charge in [0.2, 0.25) is 5.91 Å². The van der Waals surface area contributed by atoms with Crippen molar-refractivity contribution in [3.8, 4) is 0 Å². The lowest BCUT2D eigenvalue weighted by atomic mass is 10.1. The van der Waals surface area contributed by atoms with Crippen molar-refractivity contribution in [1.82, 2.24) is 15.4 Å². The molecule has 2 fully saturated rings. The molecule has 0 aliphatic heterocycles. The van der Waals surface area contributed by atoms with Crippen LogP contribution >= 0.6 is 11.3 Å². The Kier molecular flexibility index (Phi) is 3.23. The summed E-state index contributed by atoms with van der Waals surface area (Å²) in [5.41, 5.74) is 4.08. The molecule has 4 rings (SSSR count). The molecule has 0 radical (unpaired) electrons. The van der Waals surface area contributed by atoms with Gasteiger partial charge in [0.15, 0.2) is 0 Å². The molecule has 5 nitrogen and oxygen atoms in total. The topological polar surface area (TPSA) is 75.1 Å². The van der Waals surface area contributed by atoms with E-state index in [1.54, 1.807) is 11.3 Å². The van der Waals surface area contributed by atoms with Gasteiger partial charge in [-0.3, -0.25) is 15.0 Å². The van der Waals surface area contributed by atoms with Crippen molar-refractivity contribution in [2.24, 2.45) is 5.92 Å². The average molecular weight is 315 g/mol. The fourth-order valence-electron chi connectivity index (χ4n) is 3.29. The van der Waals surface area contributed by atoms with Crippen molar-refractivity contribution < 1.29 is 10.0 Å². The highest BCUT2D eigenvalue weighted by molar-refractivity contribution is 7.11. The summed E-state index contributed by atoms with van der Waals surface area (Å²) in [5, 5.41) is 10.0. The molecule has 0 aromatic carbocycles. The van der Waals surface area contributed by atoms with Gasteiger partial charge in [-0.15, -0.1) is 11.3 Å². The molecular weight excluding hydrogens is 298 g/mol. The van der Waals surface area contributed by atoms with E-state index in [1.807, 2.05) is 30.9 Å². The minimum absolute atomic E-state index is 0.104. The lowest BCUT2D eigenvalue weighted by Crippen LogP contribution is -2.21. The smallest absolute Gasteiger partial charge is 0.247 e. The Bertz CT molecular complexity index is 726. The van der Waals surface area contributed by atoms with Crippen LogP contribution in [0.25, 0.3) is 0 Å². The predicted octanol–water partition coefficient (Wildman–Crippen LogP) is 2.73. The van der Waals surface area contributed by atoms with E-state index in [0.717, 1.165) is 21.1 Å². The van der Waals surface area contributed by atoms with Gasteiger partial charge in [0.25, 0.3) is 0 Å². The second kappa shape index (κ2) is 5.14. The van der Waals surface area contributed by atoms with Crippen molar-refractivity contribution in [3.63, 3.8) is 0 Å². The first-order valence-electron chi connectivity index (χ1n) is 7.51. The van der Waals surface area contributed by atoms with Crippen LogP contribution in [0, 0.1) is 12.8 Å². The fraction of sp³-hybridized carbons (Fsp3) is 0.438. The number of carbonyl (C=O) groups is 1. The van der Waals surface area contributed by atoms with Crippen molar-refractivity contribution in [2.45, 2.75) is 37.5 Å². The second-order valence-electron chi connectivity index (χ2n) is 6.12. The largest absolute Gasteiger partial charge is 0.289 e. The highest BCUT2D eigenvalue weighted by Gasteiger charge is 2.57. The SMILES string of the molecule is Cc1ncc(C2C(C(=O)NO)C2c2ccnc(C3CC3)c2)s1. The number of hydrogen-bond acceptors (Lipinski definition) is 5. The maximum Gasteiger partial charge on any atom is 0.247 e. The van der Waals surface area contributed by atoms with E-state index in [4.69, 9.17) is 5.21 Å². The van der Waals surface area contributed by atoms with E-state index >= 15 is 0 Å². The highest BCUT2D eigenvalue weighted by atomic mass is 32.1. The number of thiazole rings is 1. The minimum atomic E-state index is -0.314. The van der Waals surface area contributed by atoms with Gasteiger partial charge in [0, 0.05) is 40.7 Å². The Balaban J connectivity index is 1.66. The van der Waals surface area contributed by atoms with Crippen LogP contribution < -0.4 is 5.48 Å². The van der Waals surface area contributed by atoms with Crippen LogP contribution in [0.5, 0.6) is 0 Å². The summed E-state index contributed by atoms with van der Waals surface area (Å²) in [6.07, 6.45) is 6.10. The Labute approximate surface area is 132 Å². The zero-order chi connectivity index (χ0) is 15.3. The number of rotatable bonds is 4. The normalized spacial score (nSPS) is 26.7. The van der Waals surface area contributed by atoms with Crippen LogP contribution in [0.4, 0.5) is 0 Å². The van der Waals surface area contributed by atoms with Gasteiger partial charge in [0.1, 0.15) is 0 Å². The van der Waals surface area contributed by atoms with E-state index in [-0.39, 0.29) is 23.7 Å². The molecule has 22 heavy (non-hydrogen) atoms. The van der Waals surface area contributed by atoms with Gasteiger partial charge < -0.3 is 0 Å². The van der Waals surface area contributed by atoms with E-state index in [0.29, 0.717) is 5.92 Å². The van der Waals surface area contributed by atoms with Crippen LogP contribution in [0.3, 0.4) is 0 Å². The first-order valence-corrected chi connectivity index (χ1v) is 8.33. The molecule has 3 atom stereocenters. The standard InChI is InChI=1S/C16H17N3O2S/c1-8-18-7-12(22-8)14-13(15(14)16(20)19-21)10-4-5-17-11(6-10)9-2-3-9/h4-7,9,13-15,21H,2-3H2,1H3,(H,19,20). The maximum absolute atomic E-state index is 12.0. The number of nitrogens with one attached hydrogen (secondary N) is 1. The van der Waals surface area contributed by atoms with Crippen LogP contribution in [0.15, 0.2) is 24.5 Å². The zero-order valence-electron chi connectivity index (χ0n) is 12.2. The molecule has 2 heterocycles. The molecule has 2 saturated carbocycles. The molecule has 2 aliphatic carbocycles. The molecule has 3 unspecified atom stereocenters. The monoisotopic (exact) mass is 315 g/mol. The van der Waals surface area contributed by atoms with Crippen molar-refractivity contribution in [3.05, 3.63) is 45.7 Å². The molecule has 2 aliphatic rings. The average Bonchev–Trinajstić information content (AvgIpc) is 3.44. The molecule has 0 bridgehead atoms. The van der Waals surface area contributed by atoms with Gasteiger partial charge in [0.05, 0.1) is 10.9 Å². The van der Waals surface area contributed by atoms with Gasteiger partial charge in [-0.1, -0.05) is 0 Å². The summed E-state index contributed by atoms with van der Waals surface area (Å²) in [5.74, 6) is 0.262. The lowest BCUT2D eigenvalue weighted by molar-refractivity contribution is -0.130. The molecule has 1 amide bonds. The fourth-order valence-corrected chi connectivity index (χ4v) is 4.27. The number of hydroxylamine groups is 1. The molecule has 2 aromatic rings. The summed E-state index contributed by atoms with van der Waals surface area (Å²) >= 11 is 1.62. The first kappa shape index (κ1) is 13.8. The molecule has 0 saturated heterocycles. The Morgan fingerprint density at radius 2 is 2.18 bits per heavy atom. The van der Waals surface area contributed by atoms with Crippen molar-refractivity contribution in [2.75, 3.05) is 0 Å². The lowest BCUT2D eigenvalue weighted by Gasteiger charge is -2.03. The zero-order valence-corrected chi connectivity index (χ0v) is 13.0. The third-order valence-electron chi connectivity index (χ3n) is 4.59. The van der Waals surface area contributed by atoms with Crippen molar-refractivity contribution in [1.29, 1.82) is 0 Å². The van der Waals surface area contributed by atoms with Crippen LogP contribution in [0.2, 0.25) is 0 Å². The van der Waals surface area contributed by atoms with E-state index in [9.17, 15) is 4.79 Å². The van der Waals surface area contributed by atoms with Gasteiger partial charge >= 0.3 is 0 Å². The predicted molar refractivity (Wildman–Crippen MR) is 82.0 cm³/mol. The third kappa shape index (κ3) is 2.32. The second-order valence-corrected chi connectivity index (χ2v) is 7.39. The number of hydrogen-bond donors (Lipinski definition) is 2. The molecule has 2 aromatic heterocycles. The van der Waals surface area contributed by atoms with Crippen molar-refractivity contribution >= 4 is 17.2 Å². The number of aromatic nitrogens is 2. The molecule has 0 spiro atoms. The number of pyridine rings is 1. The molecule has 6 heteroatoms. The van der Waals surface area contributed by atoms with Gasteiger partial charge in [-0.05, 0) is 37.5 Å². The van der Waals surface area contributed by atoms with E-state index in [1.165, 1.54) is 12.8 Å². The molecular formula is C16H17N3O2S. The minimum Gasteiger partial charge on any atom is -0.289 e. The Morgan fingerprint density at radius 1 is 1.36 bits per heavy atom. The van der Waals surface area contributed by atoms with E-state index < -0.39 is 0 Å². The summed E-state index contributed by atoms with van der Waals surface area (Å²) in [6, 6.07) is 4.12. The van der Waals surface area contributed by atoms with Crippen LogP contribution in [-0.4, -0.2) is 21.1 Å². The number of carbonyl (C=O) groups excluding carboxylic acids is 1. The Morgan fingerprint density at radius 3 is 2.82 bits per heavy atom. The summed E-state index contributed by atoms with van der Waals surface area (Å²) in [6.45, 7) is 1.96.